The van der Waals surface area contributed by atoms with Crippen molar-refractivity contribution >= 4 is 11.8 Å². The minimum atomic E-state index is -0.662. The van der Waals surface area contributed by atoms with Crippen molar-refractivity contribution in [3.05, 3.63) is 65.0 Å². The number of nitrogens with zero attached hydrogens (tertiary/aromatic N) is 1. The first-order valence-corrected chi connectivity index (χ1v) is 11.3. The monoisotopic (exact) mass is 440 g/mol. The summed E-state index contributed by atoms with van der Waals surface area (Å²) >= 11 is 0. The minimum absolute atomic E-state index is 0.0231. The Hall–Kier alpha value is -2.89. The summed E-state index contributed by atoms with van der Waals surface area (Å²) in [7, 11) is 0. The number of nitrogens with one attached hydrogen (secondary N) is 1. The zero-order valence-electron chi connectivity index (χ0n) is 19.5. The second-order valence-electron chi connectivity index (χ2n) is 9.18. The fraction of sp³-hybridized carbons (Fsp3) is 0.462. The third kappa shape index (κ3) is 5.67. The van der Waals surface area contributed by atoms with Crippen LogP contribution >= 0.6 is 0 Å². The molecule has 0 fully saturated rings. The Bertz CT molecular complexity index is 973. The third-order valence-electron chi connectivity index (χ3n) is 5.53. The molecule has 2 aromatic carbocycles. The van der Waals surface area contributed by atoms with Gasteiger partial charge in [-0.25, -0.2) is 4.39 Å². The predicted octanol–water partition coefficient (Wildman–Crippen LogP) is 4.64. The highest BCUT2D eigenvalue weighted by atomic mass is 19.1. The van der Waals surface area contributed by atoms with Crippen LogP contribution in [0.5, 0.6) is 5.75 Å². The zero-order chi connectivity index (χ0) is 23.4. The minimum Gasteiger partial charge on any atom is -0.481 e. The van der Waals surface area contributed by atoms with E-state index >= 15 is 0 Å². The smallest absolute Gasteiger partial charge is 0.260 e. The van der Waals surface area contributed by atoms with Crippen molar-refractivity contribution in [1.82, 2.24) is 10.2 Å². The van der Waals surface area contributed by atoms with Crippen molar-refractivity contribution in [3.63, 3.8) is 0 Å². The lowest BCUT2D eigenvalue weighted by atomic mass is 9.87. The molecule has 0 bridgehead atoms. The molecular weight excluding hydrogens is 407 g/mol. The van der Waals surface area contributed by atoms with E-state index in [0.717, 1.165) is 16.7 Å². The van der Waals surface area contributed by atoms with Crippen LogP contribution in [0.2, 0.25) is 0 Å². The van der Waals surface area contributed by atoms with Crippen LogP contribution in [-0.2, 0) is 16.0 Å². The highest BCUT2D eigenvalue weighted by Crippen LogP contribution is 2.38. The largest absolute Gasteiger partial charge is 0.481 e. The van der Waals surface area contributed by atoms with E-state index in [1.807, 2.05) is 56.9 Å². The SMILES string of the molecule is CC(C)CC(=O)N1CCc2ccc(O[C@H](C)C(=O)NC(C)C)cc2[C@H]1c1cccc(F)c1. The van der Waals surface area contributed by atoms with Crippen molar-refractivity contribution in [1.29, 1.82) is 0 Å². The van der Waals surface area contributed by atoms with Gasteiger partial charge < -0.3 is 15.0 Å². The van der Waals surface area contributed by atoms with Gasteiger partial charge in [0, 0.05) is 19.0 Å². The van der Waals surface area contributed by atoms with Gasteiger partial charge in [-0.15, -0.1) is 0 Å². The topological polar surface area (TPSA) is 58.6 Å². The van der Waals surface area contributed by atoms with Crippen molar-refractivity contribution in [2.45, 2.75) is 65.6 Å². The molecule has 3 rings (SSSR count). The van der Waals surface area contributed by atoms with Gasteiger partial charge >= 0.3 is 0 Å². The lowest BCUT2D eigenvalue weighted by Gasteiger charge is -2.38. The van der Waals surface area contributed by atoms with E-state index in [2.05, 4.69) is 5.32 Å². The number of carbonyl (C=O) groups excluding carboxylic acids is 2. The lowest BCUT2D eigenvalue weighted by Crippen LogP contribution is -2.41. The van der Waals surface area contributed by atoms with Crippen molar-refractivity contribution in [2.24, 2.45) is 5.92 Å². The average molecular weight is 441 g/mol. The summed E-state index contributed by atoms with van der Waals surface area (Å²) in [4.78, 5) is 27.2. The van der Waals surface area contributed by atoms with Gasteiger partial charge in [-0.2, -0.15) is 0 Å². The highest BCUT2D eigenvalue weighted by Gasteiger charge is 2.33. The van der Waals surface area contributed by atoms with Crippen LogP contribution in [0, 0.1) is 11.7 Å². The van der Waals surface area contributed by atoms with Gasteiger partial charge in [0.1, 0.15) is 11.6 Å². The van der Waals surface area contributed by atoms with Gasteiger partial charge in [0.25, 0.3) is 5.91 Å². The second-order valence-corrected chi connectivity index (χ2v) is 9.18. The van der Waals surface area contributed by atoms with E-state index in [9.17, 15) is 14.0 Å². The molecule has 5 nitrogen and oxygen atoms in total. The molecule has 2 amide bonds. The Morgan fingerprint density at radius 3 is 2.53 bits per heavy atom. The number of carbonyl (C=O) groups is 2. The number of benzene rings is 2. The van der Waals surface area contributed by atoms with Gasteiger partial charge in [0.15, 0.2) is 6.10 Å². The fourth-order valence-corrected chi connectivity index (χ4v) is 4.10. The van der Waals surface area contributed by atoms with Crippen LogP contribution in [-0.4, -0.2) is 35.4 Å². The molecule has 0 saturated heterocycles. The van der Waals surface area contributed by atoms with Gasteiger partial charge in [0.2, 0.25) is 5.91 Å². The first-order chi connectivity index (χ1) is 15.2. The Labute approximate surface area is 190 Å². The summed E-state index contributed by atoms with van der Waals surface area (Å²) in [6.07, 6.45) is 0.489. The Kier molecular flexibility index (Phi) is 7.54. The van der Waals surface area contributed by atoms with E-state index in [1.165, 1.54) is 12.1 Å². The Morgan fingerprint density at radius 2 is 1.88 bits per heavy atom. The van der Waals surface area contributed by atoms with E-state index < -0.39 is 12.1 Å². The highest BCUT2D eigenvalue weighted by molar-refractivity contribution is 5.81. The van der Waals surface area contributed by atoms with Crippen molar-refractivity contribution in [3.8, 4) is 5.75 Å². The maximum atomic E-state index is 14.1. The summed E-state index contributed by atoms with van der Waals surface area (Å²) in [5.41, 5.74) is 2.73. The summed E-state index contributed by atoms with van der Waals surface area (Å²) in [5, 5.41) is 2.85. The van der Waals surface area contributed by atoms with Crippen molar-refractivity contribution < 1.29 is 18.7 Å². The lowest BCUT2D eigenvalue weighted by molar-refractivity contribution is -0.134. The van der Waals surface area contributed by atoms with E-state index in [0.29, 0.717) is 25.1 Å². The maximum absolute atomic E-state index is 14.1. The second kappa shape index (κ2) is 10.2. The Morgan fingerprint density at radius 1 is 1.12 bits per heavy atom. The number of amides is 2. The molecule has 0 aliphatic carbocycles. The summed E-state index contributed by atoms with van der Waals surface area (Å²) in [5.74, 6) is 0.308. The molecule has 6 heteroatoms. The van der Waals surface area contributed by atoms with E-state index in [1.54, 1.807) is 13.0 Å². The molecule has 1 aliphatic rings. The standard InChI is InChI=1S/C26H33FN2O3/c1-16(2)13-24(30)29-12-11-19-9-10-22(32-18(5)26(31)28-17(3)4)15-23(19)25(29)20-7-6-8-21(27)14-20/h6-10,14-18,25H,11-13H2,1-5H3,(H,28,31)/t18-,25-/m1/s1. The fourth-order valence-electron chi connectivity index (χ4n) is 4.10. The Balaban J connectivity index is 1.97. The summed E-state index contributed by atoms with van der Waals surface area (Å²) in [6.45, 7) is 10.1. The number of rotatable bonds is 7. The molecule has 1 aliphatic heterocycles. The average Bonchev–Trinajstić information content (AvgIpc) is 2.71. The molecular formula is C26H33FN2O3. The van der Waals surface area contributed by atoms with Gasteiger partial charge in [-0.05, 0) is 74.1 Å². The number of hydrogen-bond donors (Lipinski definition) is 1. The molecule has 0 unspecified atom stereocenters. The number of fused-ring (bicyclic) bond motifs is 1. The zero-order valence-corrected chi connectivity index (χ0v) is 19.5. The summed E-state index contributed by atoms with van der Waals surface area (Å²) < 4.78 is 20.0. The number of halogens is 1. The van der Waals surface area contributed by atoms with E-state index in [-0.39, 0.29) is 29.6 Å². The molecule has 172 valence electrons. The summed E-state index contributed by atoms with van der Waals surface area (Å²) in [6, 6.07) is 11.8. The maximum Gasteiger partial charge on any atom is 0.260 e. The molecule has 1 heterocycles. The molecule has 1 N–H and O–H groups in total. The van der Waals surface area contributed by atoms with Crippen LogP contribution in [0.4, 0.5) is 4.39 Å². The van der Waals surface area contributed by atoms with Gasteiger partial charge in [0.05, 0.1) is 6.04 Å². The third-order valence-corrected chi connectivity index (χ3v) is 5.53. The van der Waals surface area contributed by atoms with Crippen LogP contribution < -0.4 is 10.1 Å². The van der Waals surface area contributed by atoms with Crippen molar-refractivity contribution in [2.75, 3.05) is 6.54 Å². The van der Waals surface area contributed by atoms with Gasteiger partial charge in [-0.1, -0.05) is 32.0 Å². The normalized spacial score (nSPS) is 16.6. The van der Waals surface area contributed by atoms with E-state index in [4.69, 9.17) is 4.74 Å². The quantitative estimate of drug-likeness (QED) is 0.683. The first kappa shape index (κ1) is 23.8. The molecule has 2 atom stereocenters. The van der Waals surface area contributed by atoms with Crippen LogP contribution in [0.1, 0.15) is 63.8 Å². The molecule has 0 spiro atoms. The molecule has 2 aromatic rings. The molecule has 0 aromatic heterocycles. The molecule has 0 radical (unpaired) electrons. The van der Waals surface area contributed by atoms with Gasteiger partial charge in [-0.3, -0.25) is 9.59 Å². The van der Waals surface area contributed by atoms with Crippen LogP contribution in [0.25, 0.3) is 0 Å². The van der Waals surface area contributed by atoms with Crippen LogP contribution in [0.3, 0.4) is 0 Å². The first-order valence-electron chi connectivity index (χ1n) is 11.3. The molecule has 32 heavy (non-hydrogen) atoms. The molecule has 0 saturated carbocycles. The van der Waals surface area contributed by atoms with Crippen LogP contribution in [0.15, 0.2) is 42.5 Å². The number of ether oxygens (including phenoxy) is 1. The predicted molar refractivity (Wildman–Crippen MR) is 123 cm³/mol. The number of hydrogen-bond acceptors (Lipinski definition) is 3.